The molecule has 5 nitrogen and oxygen atoms in total. The SMILES string of the molecule is CNC(=O)COc1ccccc1CN1CCCC(CO)C1. The second-order valence-electron chi connectivity index (χ2n) is 5.50. The number of hydrogen-bond acceptors (Lipinski definition) is 4. The van der Waals surface area contributed by atoms with Crippen molar-refractivity contribution in [3.05, 3.63) is 29.8 Å². The molecule has 1 heterocycles. The highest BCUT2D eigenvalue weighted by molar-refractivity contribution is 5.77. The number of ether oxygens (including phenoxy) is 1. The molecule has 1 unspecified atom stereocenters. The number of nitrogens with one attached hydrogen (secondary N) is 1. The molecule has 1 amide bonds. The Hall–Kier alpha value is -1.59. The zero-order chi connectivity index (χ0) is 15.1. The first-order valence-electron chi connectivity index (χ1n) is 7.47. The summed E-state index contributed by atoms with van der Waals surface area (Å²) in [5, 5.41) is 11.9. The smallest absolute Gasteiger partial charge is 0.257 e. The highest BCUT2D eigenvalue weighted by Crippen LogP contribution is 2.23. The van der Waals surface area contributed by atoms with Crippen molar-refractivity contribution in [2.45, 2.75) is 19.4 Å². The average molecular weight is 292 g/mol. The molecule has 0 aliphatic carbocycles. The number of aliphatic hydroxyl groups is 1. The lowest BCUT2D eigenvalue weighted by molar-refractivity contribution is -0.122. The van der Waals surface area contributed by atoms with Crippen molar-refractivity contribution in [2.75, 3.05) is 33.4 Å². The number of carbonyl (C=O) groups excluding carboxylic acids is 1. The zero-order valence-electron chi connectivity index (χ0n) is 12.5. The average Bonchev–Trinajstić information content (AvgIpc) is 2.54. The predicted molar refractivity (Wildman–Crippen MR) is 81.1 cm³/mol. The van der Waals surface area contributed by atoms with E-state index in [1.165, 1.54) is 0 Å². The molecule has 2 rings (SSSR count). The minimum atomic E-state index is -0.136. The molecular weight excluding hydrogens is 268 g/mol. The van der Waals surface area contributed by atoms with Gasteiger partial charge in [0.05, 0.1) is 0 Å². The van der Waals surface area contributed by atoms with Crippen LogP contribution in [0.2, 0.25) is 0 Å². The summed E-state index contributed by atoms with van der Waals surface area (Å²) in [4.78, 5) is 13.6. The number of para-hydroxylation sites is 1. The number of nitrogens with zero attached hydrogens (tertiary/aromatic N) is 1. The van der Waals surface area contributed by atoms with Gasteiger partial charge in [-0.25, -0.2) is 0 Å². The Balaban J connectivity index is 1.97. The number of piperidine rings is 1. The van der Waals surface area contributed by atoms with Gasteiger partial charge >= 0.3 is 0 Å². The predicted octanol–water partition coefficient (Wildman–Crippen LogP) is 1.02. The van der Waals surface area contributed by atoms with Crippen molar-refractivity contribution in [1.29, 1.82) is 0 Å². The number of amides is 1. The second-order valence-corrected chi connectivity index (χ2v) is 5.50. The van der Waals surface area contributed by atoms with Crippen LogP contribution in [0.1, 0.15) is 18.4 Å². The molecular formula is C16H24N2O3. The van der Waals surface area contributed by atoms with Crippen LogP contribution >= 0.6 is 0 Å². The fourth-order valence-corrected chi connectivity index (χ4v) is 2.68. The van der Waals surface area contributed by atoms with Gasteiger partial charge in [0.15, 0.2) is 6.61 Å². The fourth-order valence-electron chi connectivity index (χ4n) is 2.68. The summed E-state index contributed by atoms with van der Waals surface area (Å²) < 4.78 is 5.60. The van der Waals surface area contributed by atoms with Crippen LogP contribution in [0.15, 0.2) is 24.3 Å². The Kier molecular flexibility index (Phi) is 6.02. The van der Waals surface area contributed by atoms with E-state index in [9.17, 15) is 9.90 Å². The van der Waals surface area contributed by atoms with Gasteiger partial charge in [-0.05, 0) is 31.4 Å². The van der Waals surface area contributed by atoms with Gasteiger partial charge in [0.25, 0.3) is 5.91 Å². The van der Waals surface area contributed by atoms with Crippen LogP contribution in [0.3, 0.4) is 0 Å². The molecule has 5 heteroatoms. The van der Waals surface area contributed by atoms with Crippen LogP contribution in [-0.2, 0) is 11.3 Å². The molecule has 0 radical (unpaired) electrons. The molecule has 116 valence electrons. The van der Waals surface area contributed by atoms with Crippen LogP contribution in [0.25, 0.3) is 0 Å². The molecule has 1 saturated heterocycles. The van der Waals surface area contributed by atoms with Crippen LogP contribution in [0.4, 0.5) is 0 Å². The molecule has 21 heavy (non-hydrogen) atoms. The molecule has 1 aromatic carbocycles. The number of likely N-dealkylation sites (N-methyl/N-ethyl adjacent to an activating group) is 1. The maximum absolute atomic E-state index is 11.3. The number of carbonyl (C=O) groups is 1. The van der Waals surface area contributed by atoms with Gasteiger partial charge in [0.1, 0.15) is 5.75 Å². The van der Waals surface area contributed by atoms with Gasteiger partial charge in [0.2, 0.25) is 0 Å². The van der Waals surface area contributed by atoms with E-state index in [2.05, 4.69) is 10.2 Å². The monoisotopic (exact) mass is 292 g/mol. The third-order valence-electron chi connectivity index (χ3n) is 3.87. The fraction of sp³-hybridized carbons (Fsp3) is 0.562. The Morgan fingerprint density at radius 1 is 1.48 bits per heavy atom. The lowest BCUT2D eigenvalue weighted by atomic mass is 9.98. The highest BCUT2D eigenvalue weighted by atomic mass is 16.5. The topological polar surface area (TPSA) is 61.8 Å². The molecule has 1 aliphatic heterocycles. The van der Waals surface area contributed by atoms with Crippen molar-refractivity contribution in [3.63, 3.8) is 0 Å². The van der Waals surface area contributed by atoms with Crippen molar-refractivity contribution in [1.82, 2.24) is 10.2 Å². The van der Waals surface area contributed by atoms with Gasteiger partial charge in [-0.1, -0.05) is 18.2 Å². The van der Waals surface area contributed by atoms with E-state index < -0.39 is 0 Å². The van der Waals surface area contributed by atoms with Crippen LogP contribution in [0, 0.1) is 5.92 Å². The summed E-state index contributed by atoms with van der Waals surface area (Å²) in [6, 6.07) is 7.82. The van der Waals surface area contributed by atoms with E-state index in [0.29, 0.717) is 5.92 Å². The summed E-state index contributed by atoms with van der Waals surface area (Å²) >= 11 is 0. The van der Waals surface area contributed by atoms with E-state index in [-0.39, 0.29) is 19.1 Å². The van der Waals surface area contributed by atoms with E-state index in [1.54, 1.807) is 7.05 Å². The first-order chi connectivity index (χ1) is 10.2. The third kappa shape index (κ3) is 4.72. The van der Waals surface area contributed by atoms with Crippen LogP contribution < -0.4 is 10.1 Å². The van der Waals surface area contributed by atoms with E-state index in [1.807, 2.05) is 24.3 Å². The van der Waals surface area contributed by atoms with E-state index >= 15 is 0 Å². The molecule has 0 saturated carbocycles. The number of likely N-dealkylation sites (tertiary alicyclic amines) is 1. The maximum atomic E-state index is 11.3. The first kappa shape index (κ1) is 15.8. The minimum absolute atomic E-state index is 0.0345. The normalized spacial score (nSPS) is 19.2. The Bertz CT molecular complexity index is 465. The Labute approximate surface area is 125 Å². The summed E-state index contributed by atoms with van der Waals surface area (Å²) in [5.41, 5.74) is 1.08. The molecule has 0 bridgehead atoms. The molecule has 1 atom stereocenters. The zero-order valence-corrected chi connectivity index (χ0v) is 12.5. The summed E-state index contributed by atoms with van der Waals surface area (Å²) in [6.07, 6.45) is 2.22. The van der Waals surface area contributed by atoms with Gasteiger partial charge in [-0.3, -0.25) is 9.69 Å². The molecule has 1 aliphatic rings. The molecule has 2 N–H and O–H groups in total. The summed E-state index contributed by atoms with van der Waals surface area (Å²) in [5.74, 6) is 0.994. The molecule has 1 fully saturated rings. The first-order valence-corrected chi connectivity index (χ1v) is 7.47. The largest absolute Gasteiger partial charge is 0.483 e. The minimum Gasteiger partial charge on any atom is -0.483 e. The number of aliphatic hydroxyl groups excluding tert-OH is 1. The standard InChI is InChI=1S/C16H24N2O3/c1-17-16(20)12-21-15-7-3-2-6-14(15)10-18-8-4-5-13(9-18)11-19/h2-3,6-7,13,19H,4-5,8-12H2,1H3,(H,17,20). The molecule has 0 aromatic heterocycles. The van der Waals surface area contributed by atoms with Gasteiger partial charge in [-0.15, -0.1) is 0 Å². The van der Waals surface area contributed by atoms with E-state index in [0.717, 1.165) is 43.8 Å². The second kappa shape index (κ2) is 8.00. The van der Waals surface area contributed by atoms with Gasteiger partial charge in [0, 0.05) is 32.3 Å². The van der Waals surface area contributed by atoms with Gasteiger partial charge in [-0.2, -0.15) is 0 Å². The summed E-state index contributed by atoms with van der Waals surface area (Å²) in [6.45, 7) is 3.04. The van der Waals surface area contributed by atoms with Crippen molar-refractivity contribution < 1.29 is 14.6 Å². The molecule has 1 aromatic rings. The lowest BCUT2D eigenvalue weighted by Crippen LogP contribution is -2.36. The van der Waals surface area contributed by atoms with Gasteiger partial charge < -0.3 is 15.2 Å². The number of benzene rings is 1. The Morgan fingerprint density at radius 3 is 3.05 bits per heavy atom. The van der Waals surface area contributed by atoms with Crippen LogP contribution in [-0.4, -0.2) is 49.3 Å². The Morgan fingerprint density at radius 2 is 2.29 bits per heavy atom. The number of rotatable bonds is 6. The van der Waals surface area contributed by atoms with E-state index in [4.69, 9.17) is 4.74 Å². The maximum Gasteiger partial charge on any atom is 0.257 e. The highest BCUT2D eigenvalue weighted by Gasteiger charge is 2.20. The van der Waals surface area contributed by atoms with Crippen molar-refractivity contribution in [3.8, 4) is 5.75 Å². The van der Waals surface area contributed by atoms with Crippen molar-refractivity contribution >= 4 is 5.91 Å². The van der Waals surface area contributed by atoms with Crippen molar-refractivity contribution in [2.24, 2.45) is 5.92 Å². The lowest BCUT2D eigenvalue weighted by Gasteiger charge is -2.32. The number of hydrogen-bond donors (Lipinski definition) is 2. The van der Waals surface area contributed by atoms with Crippen LogP contribution in [0.5, 0.6) is 5.75 Å². The third-order valence-corrected chi connectivity index (χ3v) is 3.87. The summed E-state index contributed by atoms with van der Waals surface area (Å²) in [7, 11) is 1.60. The quantitative estimate of drug-likeness (QED) is 0.821. The molecule has 0 spiro atoms.